The molecule has 0 spiro atoms. The van der Waals surface area contributed by atoms with Gasteiger partial charge in [0.05, 0.1) is 24.2 Å². The van der Waals surface area contributed by atoms with Gasteiger partial charge in [0.25, 0.3) is 0 Å². The van der Waals surface area contributed by atoms with E-state index >= 15 is 0 Å². The highest BCUT2D eigenvalue weighted by atomic mass is 35.5. The van der Waals surface area contributed by atoms with Gasteiger partial charge in [-0.25, -0.2) is 24.0 Å². The highest BCUT2D eigenvalue weighted by Crippen LogP contribution is 2.38. The number of aliphatic hydroxyl groups excluding tert-OH is 1. The number of aromatic nitrogens is 6. The molecule has 11 nitrogen and oxygen atoms in total. The van der Waals surface area contributed by atoms with Gasteiger partial charge in [0.15, 0.2) is 17.7 Å². The minimum Gasteiger partial charge on any atom is -0.390 e. The maximum Gasteiger partial charge on any atom is 0.232 e. The Labute approximate surface area is 251 Å². The van der Waals surface area contributed by atoms with Crippen LogP contribution in [0.5, 0.6) is 0 Å². The van der Waals surface area contributed by atoms with Crippen LogP contribution in [-0.2, 0) is 11.3 Å². The van der Waals surface area contributed by atoms with Crippen LogP contribution in [-0.4, -0.2) is 60.4 Å². The van der Waals surface area contributed by atoms with Crippen LogP contribution in [0.1, 0.15) is 56.6 Å². The number of piperidine rings is 1. The van der Waals surface area contributed by atoms with Crippen molar-refractivity contribution in [2.45, 2.75) is 58.8 Å². The maximum atomic E-state index is 14.3. The number of aryl methyl sites for hydroxylation is 1. The minimum absolute atomic E-state index is 0.175. The number of anilines is 2. The Kier molecular flexibility index (Phi) is 7.96. The molecule has 6 heterocycles. The molecule has 2 fully saturated rings. The van der Waals surface area contributed by atoms with Crippen molar-refractivity contribution in [3.8, 4) is 11.3 Å². The molecule has 3 N–H and O–H groups in total. The van der Waals surface area contributed by atoms with E-state index in [4.69, 9.17) is 36.8 Å². The van der Waals surface area contributed by atoms with Gasteiger partial charge in [-0.1, -0.05) is 18.5 Å². The second-order valence-electron chi connectivity index (χ2n) is 11.2. The van der Waals surface area contributed by atoms with Gasteiger partial charge in [0.2, 0.25) is 5.95 Å². The lowest BCUT2D eigenvalue weighted by atomic mass is 9.79. The summed E-state index contributed by atoms with van der Waals surface area (Å²) in [5.74, 6) is -0.458. The number of nitrogens with zero attached hydrogens (tertiary/aromatic N) is 7. The third kappa shape index (κ3) is 5.52. The fraction of sp³-hybridized carbons (Fsp3) is 0.448. The third-order valence-electron chi connectivity index (χ3n) is 8.32. The molecule has 0 saturated carbocycles. The quantitative estimate of drug-likeness (QED) is 0.148. The smallest absolute Gasteiger partial charge is 0.232 e. The number of pyridine rings is 2. The molecule has 0 aromatic carbocycles. The zero-order chi connectivity index (χ0) is 30.3. The highest BCUT2D eigenvalue weighted by molar-refractivity contribution is 6.33. The van der Waals surface area contributed by atoms with Gasteiger partial charge in [-0.15, -0.1) is 0 Å². The van der Waals surface area contributed by atoms with E-state index in [1.165, 1.54) is 18.5 Å². The molecule has 2 aliphatic rings. The SMILES string of the molecule is Cc1ncc(NC(=N)C2(C)CCN(c3nc4c(nc3CO)c(-c3ccnc(F)c3Cl)nn4C3CCCCO3)CC2)cc1F. The van der Waals surface area contributed by atoms with E-state index in [0.717, 1.165) is 19.3 Å². The van der Waals surface area contributed by atoms with Gasteiger partial charge >= 0.3 is 0 Å². The molecule has 0 aliphatic carbocycles. The Morgan fingerprint density at radius 1 is 1.23 bits per heavy atom. The molecular formula is C29H32ClF2N9O2. The average Bonchev–Trinajstić information content (AvgIpc) is 3.38. The first-order valence-electron chi connectivity index (χ1n) is 14.2. The van der Waals surface area contributed by atoms with Crippen molar-refractivity contribution in [2.75, 3.05) is 29.9 Å². The summed E-state index contributed by atoms with van der Waals surface area (Å²) in [6.07, 6.45) is 6.29. The number of nitrogens with one attached hydrogen (secondary N) is 2. The number of halogens is 3. The fourth-order valence-corrected chi connectivity index (χ4v) is 5.77. The number of fused-ring (bicyclic) bond motifs is 1. The predicted molar refractivity (Wildman–Crippen MR) is 158 cm³/mol. The Balaban J connectivity index is 1.32. The van der Waals surface area contributed by atoms with E-state index in [2.05, 4.69) is 15.3 Å². The van der Waals surface area contributed by atoms with Crippen LogP contribution in [0.4, 0.5) is 20.3 Å². The maximum absolute atomic E-state index is 14.3. The van der Waals surface area contributed by atoms with Gasteiger partial charge in [-0.05, 0) is 45.1 Å². The van der Waals surface area contributed by atoms with E-state index in [9.17, 15) is 13.9 Å². The summed E-state index contributed by atoms with van der Waals surface area (Å²) in [7, 11) is 0. The average molecular weight is 612 g/mol. The normalized spacial score (nSPS) is 18.7. The first-order valence-corrected chi connectivity index (χ1v) is 14.6. The second-order valence-corrected chi connectivity index (χ2v) is 11.6. The zero-order valence-electron chi connectivity index (χ0n) is 23.9. The molecule has 43 heavy (non-hydrogen) atoms. The molecule has 4 aromatic heterocycles. The van der Waals surface area contributed by atoms with Crippen LogP contribution >= 0.6 is 11.6 Å². The van der Waals surface area contributed by atoms with Crippen LogP contribution < -0.4 is 10.2 Å². The van der Waals surface area contributed by atoms with Crippen LogP contribution in [0, 0.1) is 29.5 Å². The Bertz CT molecular complexity index is 1680. The van der Waals surface area contributed by atoms with Crippen molar-refractivity contribution in [1.82, 2.24) is 29.7 Å². The minimum atomic E-state index is -0.817. The number of hydrogen-bond acceptors (Lipinski definition) is 9. The van der Waals surface area contributed by atoms with Crippen molar-refractivity contribution in [3.05, 3.63) is 52.7 Å². The number of amidine groups is 1. The predicted octanol–water partition coefficient (Wildman–Crippen LogP) is 5.41. The van der Waals surface area contributed by atoms with Crippen molar-refractivity contribution in [3.63, 3.8) is 0 Å². The third-order valence-corrected chi connectivity index (χ3v) is 8.68. The summed E-state index contributed by atoms with van der Waals surface area (Å²) in [6.45, 7) is 4.87. The molecule has 0 amide bonds. The summed E-state index contributed by atoms with van der Waals surface area (Å²) in [5.41, 5.74) is 2.05. The van der Waals surface area contributed by atoms with E-state index < -0.39 is 17.2 Å². The van der Waals surface area contributed by atoms with E-state index in [0.29, 0.717) is 77.9 Å². The number of rotatable bonds is 6. The molecule has 4 aromatic rings. The lowest BCUT2D eigenvalue weighted by Gasteiger charge is -2.40. The second kappa shape index (κ2) is 11.7. The van der Waals surface area contributed by atoms with Crippen LogP contribution in [0.15, 0.2) is 24.5 Å². The fourth-order valence-electron chi connectivity index (χ4n) is 5.56. The molecule has 0 bridgehead atoms. The number of hydrogen-bond donors (Lipinski definition) is 3. The summed E-state index contributed by atoms with van der Waals surface area (Å²) >= 11 is 6.30. The molecule has 0 radical (unpaired) electrons. The Morgan fingerprint density at radius 3 is 2.72 bits per heavy atom. The molecule has 2 saturated heterocycles. The van der Waals surface area contributed by atoms with Crippen molar-refractivity contribution in [1.29, 1.82) is 5.41 Å². The highest BCUT2D eigenvalue weighted by Gasteiger charge is 2.36. The van der Waals surface area contributed by atoms with Gasteiger partial charge in [-0.3, -0.25) is 10.4 Å². The first kappa shape index (κ1) is 29.3. The Morgan fingerprint density at radius 2 is 2.02 bits per heavy atom. The van der Waals surface area contributed by atoms with E-state index in [1.54, 1.807) is 17.7 Å². The van der Waals surface area contributed by atoms with Crippen molar-refractivity contribution < 1.29 is 18.6 Å². The van der Waals surface area contributed by atoms with Crippen LogP contribution in [0.2, 0.25) is 5.02 Å². The van der Waals surface area contributed by atoms with Gasteiger partial charge in [-0.2, -0.15) is 9.49 Å². The van der Waals surface area contributed by atoms with Gasteiger partial charge < -0.3 is 20.1 Å². The van der Waals surface area contributed by atoms with E-state index in [1.807, 2.05) is 11.8 Å². The van der Waals surface area contributed by atoms with Crippen molar-refractivity contribution in [2.24, 2.45) is 5.41 Å². The van der Waals surface area contributed by atoms with Gasteiger partial charge in [0.1, 0.15) is 33.6 Å². The largest absolute Gasteiger partial charge is 0.390 e. The van der Waals surface area contributed by atoms with Crippen LogP contribution in [0.3, 0.4) is 0 Å². The molecule has 2 aliphatic heterocycles. The standard InChI is InChI=1S/C29H32ClF2N9O2/c1-16-19(31)13-17(14-35-16)36-28(33)29(2)7-10-40(11-8-29)26-20(15-42)37-24-23(18-6-9-34-25(32)22(18)30)39-41(27(24)38-26)21-5-3-4-12-43-21/h6,9,13-14,21,42H,3-5,7-8,10-12,15H2,1-2H3,(H2,33,36). The number of ether oxygens (including phenoxy) is 1. The topological polar surface area (TPSA) is 138 Å². The van der Waals surface area contributed by atoms with Crippen LogP contribution in [0.25, 0.3) is 22.4 Å². The molecular weight excluding hydrogens is 580 g/mol. The summed E-state index contributed by atoms with van der Waals surface area (Å²) in [6, 6.07) is 2.91. The molecule has 6 rings (SSSR count). The van der Waals surface area contributed by atoms with Gasteiger partial charge in [0, 0.05) is 42.9 Å². The summed E-state index contributed by atoms with van der Waals surface area (Å²) < 4.78 is 36.1. The Hall–Kier alpha value is -3.81. The molecule has 1 atom stereocenters. The lowest BCUT2D eigenvalue weighted by molar-refractivity contribution is -0.0368. The number of aliphatic hydroxyl groups is 1. The van der Waals surface area contributed by atoms with Crippen molar-refractivity contribution >= 4 is 40.1 Å². The summed E-state index contributed by atoms with van der Waals surface area (Å²) in [5, 5.41) is 26.7. The molecule has 1 unspecified atom stereocenters. The summed E-state index contributed by atoms with van der Waals surface area (Å²) in [4.78, 5) is 19.5. The zero-order valence-corrected chi connectivity index (χ0v) is 24.6. The lowest BCUT2D eigenvalue weighted by Crippen LogP contribution is -2.45. The van der Waals surface area contributed by atoms with E-state index in [-0.39, 0.29) is 23.7 Å². The monoisotopic (exact) mass is 611 g/mol. The first-order chi connectivity index (χ1) is 20.7. The molecule has 226 valence electrons. The molecule has 14 heteroatoms.